The molecule has 2 N–H and O–H groups in total. The van der Waals surface area contributed by atoms with Crippen LogP contribution >= 0.6 is 0 Å². The van der Waals surface area contributed by atoms with Crippen molar-refractivity contribution in [1.29, 1.82) is 0 Å². The number of phenolic OH excluding ortho intramolecular Hbond substituents is 1. The molecule has 1 atom stereocenters. The molecule has 1 amide bonds. The van der Waals surface area contributed by atoms with Crippen LogP contribution in [-0.4, -0.2) is 40.1 Å². The Morgan fingerprint density at radius 2 is 1.95 bits per heavy atom. The molecule has 21 heavy (non-hydrogen) atoms. The average Bonchev–Trinajstić information content (AvgIpc) is 2.48. The van der Waals surface area contributed by atoms with Crippen molar-refractivity contribution in [1.82, 2.24) is 4.90 Å². The lowest BCUT2D eigenvalue weighted by atomic mass is 9.93. The number of phenols is 1. The van der Waals surface area contributed by atoms with Crippen molar-refractivity contribution in [3.63, 3.8) is 0 Å². The molecular formula is C16H21NO4. The Bertz CT molecular complexity index is 498. The van der Waals surface area contributed by atoms with E-state index in [0.717, 1.165) is 24.9 Å². The van der Waals surface area contributed by atoms with E-state index in [9.17, 15) is 14.7 Å². The first-order valence-electron chi connectivity index (χ1n) is 7.32. The topological polar surface area (TPSA) is 77.8 Å². The highest BCUT2D eigenvalue weighted by Crippen LogP contribution is 2.22. The molecule has 1 heterocycles. The molecule has 5 heteroatoms. The Balaban J connectivity index is 1.86. The van der Waals surface area contributed by atoms with Crippen molar-refractivity contribution in [3.8, 4) is 5.75 Å². The molecule has 1 saturated heterocycles. The second-order valence-corrected chi connectivity index (χ2v) is 5.62. The van der Waals surface area contributed by atoms with E-state index in [1.54, 1.807) is 24.3 Å². The molecule has 0 aliphatic carbocycles. The average molecular weight is 291 g/mol. The summed E-state index contributed by atoms with van der Waals surface area (Å²) in [5.74, 6) is -0.222. The van der Waals surface area contributed by atoms with Gasteiger partial charge >= 0.3 is 5.97 Å². The monoisotopic (exact) mass is 291 g/mol. The van der Waals surface area contributed by atoms with Crippen LogP contribution in [0.1, 0.15) is 31.2 Å². The lowest BCUT2D eigenvalue weighted by Gasteiger charge is -2.32. The van der Waals surface area contributed by atoms with Crippen LogP contribution in [0.5, 0.6) is 5.75 Å². The Morgan fingerprint density at radius 1 is 1.24 bits per heavy atom. The van der Waals surface area contributed by atoms with Crippen LogP contribution in [-0.2, 0) is 16.0 Å². The standard InChI is InChI=1S/C16H21NO4/c18-14-6-3-12(4-7-14)10-15(19)17-9-1-2-13(11-17)5-8-16(20)21/h3-4,6-7,13,18H,1-2,5,8-11H2,(H,20,21). The van der Waals surface area contributed by atoms with E-state index in [4.69, 9.17) is 5.11 Å². The minimum atomic E-state index is -0.775. The second kappa shape index (κ2) is 7.11. The predicted molar refractivity (Wildman–Crippen MR) is 78.0 cm³/mol. The van der Waals surface area contributed by atoms with E-state index in [0.29, 0.717) is 25.3 Å². The van der Waals surface area contributed by atoms with Gasteiger partial charge in [-0.2, -0.15) is 0 Å². The van der Waals surface area contributed by atoms with Gasteiger partial charge in [0.05, 0.1) is 6.42 Å². The molecule has 5 nitrogen and oxygen atoms in total. The quantitative estimate of drug-likeness (QED) is 0.870. The lowest BCUT2D eigenvalue weighted by molar-refractivity contribution is -0.137. The van der Waals surface area contributed by atoms with Gasteiger partial charge in [-0.3, -0.25) is 9.59 Å². The van der Waals surface area contributed by atoms with Crippen molar-refractivity contribution in [3.05, 3.63) is 29.8 Å². The van der Waals surface area contributed by atoms with Gasteiger partial charge in [-0.1, -0.05) is 12.1 Å². The third-order valence-corrected chi connectivity index (χ3v) is 3.93. The van der Waals surface area contributed by atoms with Crippen LogP contribution in [0.15, 0.2) is 24.3 Å². The number of hydrogen-bond donors (Lipinski definition) is 2. The number of hydrogen-bond acceptors (Lipinski definition) is 3. The molecule has 1 unspecified atom stereocenters. The van der Waals surface area contributed by atoms with E-state index in [1.807, 2.05) is 4.90 Å². The Morgan fingerprint density at radius 3 is 2.62 bits per heavy atom. The lowest BCUT2D eigenvalue weighted by Crippen LogP contribution is -2.40. The molecule has 1 fully saturated rings. The highest BCUT2D eigenvalue weighted by atomic mass is 16.4. The SMILES string of the molecule is O=C(O)CCC1CCCN(C(=O)Cc2ccc(O)cc2)C1. The Kier molecular flexibility index (Phi) is 5.20. The number of piperidine rings is 1. The van der Waals surface area contributed by atoms with E-state index < -0.39 is 5.97 Å². The summed E-state index contributed by atoms with van der Waals surface area (Å²) >= 11 is 0. The van der Waals surface area contributed by atoms with Gasteiger partial charge in [0, 0.05) is 19.5 Å². The first-order valence-corrected chi connectivity index (χ1v) is 7.32. The largest absolute Gasteiger partial charge is 0.508 e. The van der Waals surface area contributed by atoms with Crippen LogP contribution in [0.3, 0.4) is 0 Å². The molecule has 1 aliphatic heterocycles. The molecule has 1 aromatic carbocycles. The third-order valence-electron chi connectivity index (χ3n) is 3.93. The fourth-order valence-corrected chi connectivity index (χ4v) is 2.76. The summed E-state index contributed by atoms with van der Waals surface area (Å²) in [4.78, 5) is 24.7. The number of carbonyl (C=O) groups excluding carboxylic acids is 1. The van der Waals surface area contributed by atoms with E-state index in [2.05, 4.69) is 0 Å². The van der Waals surface area contributed by atoms with Gasteiger partial charge in [0.1, 0.15) is 5.75 Å². The highest BCUT2D eigenvalue weighted by Gasteiger charge is 2.23. The number of amides is 1. The van der Waals surface area contributed by atoms with Crippen LogP contribution in [0.25, 0.3) is 0 Å². The maximum atomic E-state index is 12.3. The molecule has 1 aromatic rings. The molecule has 1 aliphatic rings. The maximum Gasteiger partial charge on any atom is 0.303 e. The van der Waals surface area contributed by atoms with Gasteiger partial charge < -0.3 is 15.1 Å². The molecule has 114 valence electrons. The number of likely N-dealkylation sites (tertiary alicyclic amines) is 1. The highest BCUT2D eigenvalue weighted by molar-refractivity contribution is 5.79. The molecule has 0 radical (unpaired) electrons. The zero-order valence-corrected chi connectivity index (χ0v) is 12.0. The van der Waals surface area contributed by atoms with Crippen LogP contribution in [0, 0.1) is 5.92 Å². The molecule has 0 spiro atoms. The number of rotatable bonds is 5. The zero-order valence-electron chi connectivity index (χ0n) is 12.0. The van der Waals surface area contributed by atoms with Gasteiger partial charge in [0.2, 0.25) is 5.91 Å². The molecule has 0 aromatic heterocycles. The summed E-state index contributed by atoms with van der Waals surface area (Å²) in [6.07, 6.45) is 3.07. The van der Waals surface area contributed by atoms with Crippen molar-refractivity contribution >= 4 is 11.9 Å². The van der Waals surface area contributed by atoms with Gasteiger partial charge in [-0.05, 0) is 42.9 Å². The van der Waals surface area contributed by atoms with Gasteiger partial charge in [0.25, 0.3) is 0 Å². The molecule has 2 rings (SSSR count). The number of aliphatic carboxylic acids is 1. The molecule has 0 bridgehead atoms. The Hall–Kier alpha value is -2.04. The molecule has 0 saturated carbocycles. The first-order chi connectivity index (χ1) is 10.0. The van der Waals surface area contributed by atoms with Crippen molar-refractivity contribution in [2.45, 2.75) is 32.1 Å². The smallest absolute Gasteiger partial charge is 0.303 e. The minimum absolute atomic E-state index is 0.0701. The number of carboxylic acid groups (broad SMARTS) is 1. The second-order valence-electron chi connectivity index (χ2n) is 5.62. The fourth-order valence-electron chi connectivity index (χ4n) is 2.76. The van der Waals surface area contributed by atoms with Gasteiger partial charge in [0.15, 0.2) is 0 Å². The summed E-state index contributed by atoms with van der Waals surface area (Å²) in [5, 5.41) is 18.0. The van der Waals surface area contributed by atoms with Crippen LogP contribution in [0.2, 0.25) is 0 Å². The van der Waals surface area contributed by atoms with E-state index in [-0.39, 0.29) is 18.1 Å². The first kappa shape index (κ1) is 15.4. The normalized spacial score (nSPS) is 18.5. The third kappa shape index (κ3) is 4.77. The number of nitrogens with zero attached hydrogens (tertiary/aromatic N) is 1. The number of carboxylic acids is 1. The fraction of sp³-hybridized carbons (Fsp3) is 0.500. The summed E-state index contributed by atoms with van der Waals surface area (Å²) in [6.45, 7) is 1.41. The van der Waals surface area contributed by atoms with E-state index in [1.165, 1.54) is 0 Å². The van der Waals surface area contributed by atoms with Gasteiger partial charge in [-0.15, -0.1) is 0 Å². The van der Waals surface area contributed by atoms with Crippen molar-refractivity contribution in [2.75, 3.05) is 13.1 Å². The van der Waals surface area contributed by atoms with Gasteiger partial charge in [-0.25, -0.2) is 0 Å². The minimum Gasteiger partial charge on any atom is -0.508 e. The summed E-state index contributed by atoms with van der Waals surface area (Å²) < 4.78 is 0. The number of carbonyl (C=O) groups is 2. The maximum absolute atomic E-state index is 12.3. The molecular weight excluding hydrogens is 270 g/mol. The zero-order chi connectivity index (χ0) is 15.2. The number of aromatic hydroxyl groups is 1. The predicted octanol–water partition coefficient (Wildman–Crippen LogP) is 2.04. The van der Waals surface area contributed by atoms with Crippen molar-refractivity contribution < 1.29 is 19.8 Å². The van der Waals surface area contributed by atoms with Crippen molar-refractivity contribution in [2.24, 2.45) is 5.92 Å². The number of benzene rings is 1. The van der Waals surface area contributed by atoms with E-state index >= 15 is 0 Å². The Labute approximate surface area is 124 Å². The van der Waals surface area contributed by atoms with Crippen LogP contribution in [0.4, 0.5) is 0 Å². The summed E-state index contributed by atoms with van der Waals surface area (Å²) in [5.41, 5.74) is 0.880. The summed E-state index contributed by atoms with van der Waals surface area (Å²) in [7, 11) is 0. The summed E-state index contributed by atoms with van der Waals surface area (Å²) in [6, 6.07) is 6.65. The van der Waals surface area contributed by atoms with Crippen LogP contribution < -0.4 is 0 Å².